The van der Waals surface area contributed by atoms with Crippen molar-refractivity contribution in [1.29, 1.82) is 0 Å². The highest BCUT2D eigenvalue weighted by Crippen LogP contribution is 2.41. The van der Waals surface area contributed by atoms with Crippen molar-refractivity contribution in [2.24, 2.45) is 4.99 Å². The topological polar surface area (TPSA) is 77.6 Å². The molecule has 7 heteroatoms. The first kappa shape index (κ1) is 13.2. The zero-order chi connectivity index (χ0) is 14.3. The fourth-order valence-corrected chi connectivity index (χ4v) is 2.70. The highest BCUT2D eigenvalue weighted by atomic mass is 79.9. The number of fused-ring (bicyclic) bond motifs is 1. The molecule has 6 nitrogen and oxygen atoms in total. The second-order valence-corrected chi connectivity index (χ2v) is 6.13. The minimum absolute atomic E-state index is 0.0422. The van der Waals surface area contributed by atoms with E-state index >= 15 is 0 Å². The van der Waals surface area contributed by atoms with Crippen LogP contribution in [0.15, 0.2) is 21.6 Å². The van der Waals surface area contributed by atoms with E-state index in [1.54, 1.807) is 0 Å². The molecule has 20 heavy (non-hydrogen) atoms. The first-order chi connectivity index (χ1) is 9.47. The van der Waals surface area contributed by atoms with Crippen LogP contribution in [0, 0.1) is 0 Å². The summed E-state index contributed by atoms with van der Waals surface area (Å²) in [6, 6.07) is 3.78. The predicted molar refractivity (Wildman–Crippen MR) is 84.4 cm³/mol. The van der Waals surface area contributed by atoms with Crippen LogP contribution >= 0.6 is 15.9 Å². The van der Waals surface area contributed by atoms with Crippen LogP contribution < -0.4 is 21.3 Å². The Labute approximate surface area is 125 Å². The van der Waals surface area contributed by atoms with E-state index in [0.717, 1.165) is 40.6 Å². The molecule has 1 aromatic carbocycles. The van der Waals surface area contributed by atoms with E-state index in [0.29, 0.717) is 0 Å². The second kappa shape index (κ2) is 4.66. The molecule has 106 valence electrons. The van der Waals surface area contributed by atoms with Crippen LogP contribution in [0.25, 0.3) is 0 Å². The van der Waals surface area contributed by atoms with Gasteiger partial charge in [-0.2, -0.15) is 0 Å². The van der Waals surface area contributed by atoms with Crippen molar-refractivity contribution in [3.05, 3.63) is 16.6 Å². The van der Waals surface area contributed by atoms with E-state index < -0.39 is 5.54 Å². The lowest BCUT2D eigenvalue weighted by Crippen LogP contribution is -2.47. The van der Waals surface area contributed by atoms with Crippen molar-refractivity contribution in [1.82, 2.24) is 5.32 Å². The highest BCUT2D eigenvalue weighted by molar-refractivity contribution is 9.10. The van der Waals surface area contributed by atoms with Gasteiger partial charge < -0.3 is 21.3 Å². The minimum Gasteiger partial charge on any atom is -0.369 e. The third-order valence-electron chi connectivity index (χ3n) is 3.32. The molecule has 0 fully saturated rings. The normalized spacial score (nSPS) is 19.4. The van der Waals surface area contributed by atoms with Crippen LogP contribution in [0.3, 0.4) is 0 Å². The molecule has 2 heterocycles. The van der Waals surface area contributed by atoms with Gasteiger partial charge in [0.2, 0.25) is 5.91 Å². The van der Waals surface area contributed by atoms with Crippen molar-refractivity contribution < 1.29 is 4.79 Å². The summed E-state index contributed by atoms with van der Waals surface area (Å²) in [6.45, 7) is 5.33. The Hall–Kier alpha value is -1.76. The molecular formula is C13H16BrN5O. The van der Waals surface area contributed by atoms with E-state index in [9.17, 15) is 4.79 Å². The number of hydrogen-bond acceptors (Lipinski definition) is 5. The van der Waals surface area contributed by atoms with Crippen molar-refractivity contribution in [3.63, 3.8) is 0 Å². The highest BCUT2D eigenvalue weighted by Gasteiger charge is 2.34. The Kier molecular flexibility index (Phi) is 3.08. The van der Waals surface area contributed by atoms with E-state index in [1.807, 2.05) is 26.0 Å². The van der Waals surface area contributed by atoms with Gasteiger partial charge in [-0.3, -0.25) is 9.79 Å². The van der Waals surface area contributed by atoms with Crippen LogP contribution in [0.2, 0.25) is 0 Å². The molecule has 4 N–H and O–H groups in total. The fraction of sp³-hybridized carbons (Fsp3) is 0.385. The maximum absolute atomic E-state index is 11.9. The summed E-state index contributed by atoms with van der Waals surface area (Å²) in [5.41, 5.74) is 1.90. The second-order valence-electron chi connectivity index (χ2n) is 5.34. The molecule has 2 aliphatic rings. The molecule has 3 rings (SSSR count). The molecule has 1 aromatic rings. The van der Waals surface area contributed by atoms with Gasteiger partial charge in [-0.15, -0.1) is 0 Å². The number of benzene rings is 1. The fourth-order valence-electron chi connectivity index (χ4n) is 2.16. The number of rotatable bonds is 1. The number of nitrogens with zero attached hydrogens (tertiary/aromatic N) is 1. The molecule has 0 unspecified atom stereocenters. The Morgan fingerprint density at radius 3 is 2.90 bits per heavy atom. The summed E-state index contributed by atoms with van der Waals surface area (Å²) >= 11 is 3.59. The van der Waals surface area contributed by atoms with Gasteiger partial charge >= 0.3 is 0 Å². The summed E-state index contributed by atoms with van der Waals surface area (Å²) in [5.74, 6) is 0.726. The Morgan fingerprint density at radius 2 is 2.20 bits per heavy atom. The van der Waals surface area contributed by atoms with E-state index in [2.05, 4.69) is 42.2 Å². The third kappa shape index (κ3) is 2.22. The van der Waals surface area contributed by atoms with Gasteiger partial charge in [0.1, 0.15) is 5.54 Å². The molecule has 0 radical (unpaired) electrons. The van der Waals surface area contributed by atoms with Crippen LogP contribution in [-0.4, -0.2) is 30.5 Å². The quantitative estimate of drug-likeness (QED) is 0.631. The third-order valence-corrected chi connectivity index (χ3v) is 4.15. The van der Waals surface area contributed by atoms with Crippen LogP contribution in [0.4, 0.5) is 17.1 Å². The minimum atomic E-state index is -0.642. The monoisotopic (exact) mass is 337 g/mol. The van der Waals surface area contributed by atoms with Gasteiger partial charge in [0, 0.05) is 6.54 Å². The summed E-state index contributed by atoms with van der Waals surface area (Å²) in [5, 5.41) is 12.6. The Bertz CT molecular complexity index is 611. The summed E-state index contributed by atoms with van der Waals surface area (Å²) in [7, 11) is 0. The SMILES string of the molecule is CC1(C)Nc2c(ccc(NC3=NCCN3)c2Br)NC1=O. The van der Waals surface area contributed by atoms with Gasteiger partial charge in [0.25, 0.3) is 0 Å². The van der Waals surface area contributed by atoms with Gasteiger partial charge in [-0.1, -0.05) is 0 Å². The van der Waals surface area contributed by atoms with Crippen LogP contribution in [0.5, 0.6) is 0 Å². The standard InChI is InChI=1S/C13H16BrN5O/c1-13(2)11(20)17-8-4-3-7(9(14)10(8)19-13)18-12-15-5-6-16-12/h3-4,19H,5-6H2,1-2H3,(H,17,20)(H2,15,16,18). The van der Waals surface area contributed by atoms with Crippen molar-refractivity contribution in [2.75, 3.05) is 29.0 Å². The van der Waals surface area contributed by atoms with E-state index in [-0.39, 0.29) is 5.91 Å². The molecule has 0 bridgehead atoms. The maximum atomic E-state index is 11.9. The molecule has 0 saturated heterocycles. The lowest BCUT2D eigenvalue weighted by Gasteiger charge is -2.33. The molecule has 2 aliphatic heterocycles. The number of aliphatic imine (C=N–C) groups is 1. The largest absolute Gasteiger partial charge is 0.369 e. The van der Waals surface area contributed by atoms with Gasteiger partial charge in [0.15, 0.2) is 5.96 Å². The Morgan fingerprint density at radius 1 is 1.40 bits per heavy atom. The number of nitrogens with one attached hydrogen (secondary N) is 4. The molecule has 0 saturated carbocycles. The first-order valence-electron chi connectivity index (χ1n) is 6.45. The molecular weight excluding hydrogens is 322 g/mol. The van der Waals surface area contributed by atoms with Gasteiger partial charge in [0.05, 0.1) is 28.1 Å². The molecule has 0 spiro atoms. The number of hydrogen-bond donors (Lipinski definition) is 4. The lowest BCUT2D eigenvalue weighted by molar-refractivity contribution is -0.119. The predicted octanol–water partition coefficient (Wildman–Crippen LogP) is 1.96. The van der Waals surface area contributed by atoms with Crippen molar-refractivity contribution in [2.45, 2.75) is 19.4 Å². The van der Waals surface area contributed by atoms with E-state index in [4.69, 9.17) is 0 Å². The summed E-state index contributed by atoms with van der Waals surface area (Å²) in [4.78, 5) is 16.2. The van der Waals surface area contributed by atoms with Crippen molar-refractivity contribution >= 4 is 44.9 Å². The molecule has 0 aliphatic carbocycles. The number of guanidine groups is 1. The Balaban J connectivity index is 1.94. The summed E-state index contributed by atoms with van der Waals surface area (Å²) < 4.78 is 0.875. The number of carbonyl (C=O) groups excluding carboxylic acids is 1. The number of amides is 1. The number of carbonyl (C=O) groups is 1. The zero-order valence-electron chi connectivity index (χ0n) is 11.3. The average Bonchev–Trinajstić information content (AvgIpc) is 2.88. The molecule has 0 atom stereocenters. The van der Waals surface area contributed by atoms with Gasteiger partial charge in [-0.05, 0) is 41.9 Å². The van der Waals surface area contributed by atoms with Crippen LogP contribution in [0.1, 0.15) is 13.8 Å². The number of halogens is 1. The smallest absolute Gasteiger partial charge is 0.249 e. The van der Waals surface area contributed by atoms with E-state index in [1.165, 1.54) is 0 Å². The number of anilines is 3. The lowest BCUT2D eigenvalue weighted by atomic mass is 10.00. The van der Waals surface area contributed by atoms with Gasteiger partial charge in [-0.25, -0.2) is 0 Å². The first-order valence-corrected chi connectivity index (χ1v) is 7.24. The maximum Gasteiger partial charge on any atom is 0.249 e. The molecule has 1 amide bonds. The molecule has 0 aromatic heterocycles. The average molecular weight is 338 g/mol. The van der Waals surface area contributed by atoms with Crippen molar-refractivity contribution in [3.8, 4) is 0 Å². The zero-order valence-corrected chi connectivity index (χ0v) is 12.9. The van der Waals surface area contributed by atoms with Crippen LogP contribution in [-0.2, 0) is 4.79 Å². The summed E-state index contributed by atoms with van der Waals surface area (Å²) in [6.07, 6.45) is 0.